The number of carbonyl (C=O) groups is 13. The number of fused-ring (bicyclic) bond motifs is 5. The van der Waals surface area contributed by atoms with Crippen LogP contribution in [0.2, 0.25) is 0 Å². The fourth-order valence-corrected chi connectivity index (χ4v) is 20.0. The first kappa shape index (κ1) is 106. The minimum Gasteiger partial charge on any atom is -0.370 e. The maximum atomic E-state index is 16.3. The summed E-state index contributed by atoms with van der Waals surface area (Å²) in [4.78, 5) is 203. The van der Waals surface area contributed by atoms with E-state index in [1.54, 1.807) is 0 Å². The van der Waals surface area contributed by atoms with E-state index in [0.717, 1.165) is 53.9 Å². The van der Waals surface area contributed by atoms with Crippen molar-refractivity contribution in [1.82, 2.24) is 73.2 Å². The van der Waals surface area contributed by atoms with Crippen LogP contribution in [-0.4, -0.2) is 221 Å². The zero-order chi connectivity index (χ0) is 103. The van der Waals surface area contributed by atoms with Crippen LogP contribution in [0.15, 0.2) is 212 Å². The van der Waals surface area contributed by atoms with Crippen LogP contribution in [0.1, 0.15) is 152 Å². The summed E-state index contributed by atoms with van der Waals surface area (Å²) < 4.78 is 0. The molecule has 13 rings (SSSR count). The lowest BCUT2D eigenvalue weighted by Crippen LogP contribution is -2.61. The van der Waals surface area contributed by atoms with Gasteiger partial charge in [-0.3, -0.25) is 73.1 Å². The van der Waals surface area contributed by atoms with E-state index in [2.05, 4.69) is 58.5 Å². The molecular formula is C110H137N21O13. The van der Waals surface area contributed by atoms with Gasteiger partial charge in [-0.15, -0.1) is 0 Å². The molecule has 3 aliphatic heterocycles. The quantitative estimate of drug-likeness (QED) is 0.0105. The van der Waals surface area contributed by atoms with Crippen molar-refractivity contribution in [2.24, 2.45) is 40.5 Å². The van der Waals surface area contributed by atoms with Gasteiger partial charge in [-0.05, 0) is 190 Å². The van der Waals surface area contributed by atoms with Crippen molar-refractivity contribution in [3.8, 4) is 0 Å². The Morgan fingerprint density at radius 3 is 0.910 bits per heavy atom. The predicted octanol–water partition coefficient (Wildman–Crippen LogP) is 6.86. The van der Waals surface area contributed by atoms with Gasteiger partial charge < -0.3 is 102 Å². The third-order valence-corrected chi connectivity index (χ3v) is 27.9. The van der Waals surface area contributed by atoms with Crippen molar-refractivity contribution in [3.05, 3.63) is 240 Å². The summed E-state index contributed by atoms with van der Waals surface area (Å²) in [6, 6.07) is 49.1. The molecule has 34 nitrogen and oxygen atoms in total. The largest absolute Gasteiger partial charge is 0.370 e. The van der Waals surface area contributed by atoms with E-state index in [1.165, 1.54) is 14.7 Å². The Balaban J connectivity index is 0.794. The predicted molar refractivity (Wildman–Crippen MR) is 557 cm³/mol. The van der Waals surface area contributed by atoms with E-state index in [0.29, 0.717) is 66.3 Å². The monoisotopic (exact) mass is 1960 g/mol. The number of likely N-dealkylation sites (tertiary alicyclic amines) is 3. The van der Waals surface area contributed by atoms with Crippen molar-refractivity contribution in [3.63, 3.8) is 0 Å². The first-order chi connectivity index (χ1) is 69.4. The smallest absolute Gasteiger partial charge is 0.246 e. The van der Waals surface area contributed by atoms with E-state index < -0.39 is 155 Å². The number of hydrogen-bond acceptors (Lipinski definition) is 17. The van der Waals surface area contributed by atoms with E-state index in [-0.39, 0.29) is 153 Å². The molecule has 10 aromatic carbocycles. The molecule has 0 bridgehead atoms. The molecule has 3 fully saturated rings. The third kappa shape index (κ3) is 27.9. The minimum absolute atomic E-state index is 0.0175. The van der Waals surface area contributed by atoms with E-state index in [9.17, 15) is 19.2 Å². The van der Waals surface area contributed by atoms with E-state index >= 15 is 43.2 Å². The standard InChI is InChI=1S/C110H137N21O13/c1-5-67(4)95(112)105(141)128-89(60-66(2)3)106(142)129-57-25-51-92(129)102(138)123-86(61-73-38-18-33-68-28-6-11-43-78(68)73)99(135)121-84(48-16-17-54-111)98(134)126-90(64-76-41-21-36-71-31-9-14-46-81(71)76)107(143)130-58-26-53-94(130)104(140)125-88(63-75-40-20-35-70-30-8-13-45-80(70)75)101(137)127-91(65-77-42-22-37-72-32-10-15-47-82(72)77)108(144)131-59-27-52-93(131)103(139)124-87(62-74-39-19-34-69-29-7-12-44-79(69)74)100(136)122-85(50-24-56-119-110(116)117)97(133)120-83(96(113)132)49-23-55-118-109(114)115/h6-15,18-22,28-47,66-67,83-95H,5,16-17,23-27,48-65,111-112H2,1-4H3,(H2,113,132)(H,120,133)(H,121,135)(H,122,136)(H,123,138)(H,124,139)(H,125,140)(H,126,134)(H,127,137)(H,128,141)(H4,114,115,118)(H4,116,117,119)/t67-,83-,84-,85-,86-,87-,88-,89-,90-,91-,92-,93-,94-,95-/m0/s1. The second-order valence-corrected chi connectivity index (χ2v) is 38.5. The Bertz CT molecular complexity index is 6290. The molecule has 3 saturated heterocycles. The Morgan fingerprint density at radius 2 is 0.604 bits per heavy atom. The SMILES string of the molecule is CC[C@H](C)[C@H](N)C(=O)N[C@@H](CC(C)C)C(=O)N1CCC[C@H]1C(=O)N[C@@H](Cc1cccc2ccccc12)C(=O)N[C@@H](CCCCN)C(=O)N[C@@H](Cc1cccc2ccccc12)C(=O)N1CCC[C@H]1C(=O)N[C@@H](Cc1cccc2ccccc12)C(=O)N[C@@H](Cc1cccc2ccccc12)C(=O)N1CCC[C@H]1C(=O)N[C@@H](Cc1cccc2ccccc12)C(=O)N[C@@H](CCCNC(=N)N)C(=O)N[C@@H](CCCNC(=N)N)C(N)=O. The van der Waals surface area contributed by atoms with Crippen LogP contribution in [0, 0.1) is 22.7 Å². The summed E-state index contributed by atoms with van der Waals surface area (Å²) in [7, 11) is 0. The topological polar surface area (TPSA) is 542 Å². The Kier molecular flexibility index (Phi) is 37.8. The van der Waals surface area contributed by atoms with Crippen molar-refractivity contribution in [1.29, 1.82) is 10.8 Å². The van der Waals surface area contributed by atoms with Crippen LogP contribution in [0.4, 0.5) is 0 Å². The number of hydrogen-bond donors (Lipinski definition) is 18. The fourth-order valence-electron chi connectivity index (χ4n) is 20.0. The summed E-state index contributed by atoms with van der Waals surface area (Å²) in [5.41, 5.74) is 32.8. The zero-order valence-electron chi connectivity index (χ0n) is 82.3. The van der Waals surface area contributed by atoms with Crippen molar-refractivity contribution < 1.29 is 62.3 Å². The normalized spacial score (nSPS) is 16.9. The van der Waals surface area contributed by atoms with Crippen LogP contribution in [-0.2, 0) is 94.4 Å². The van der Waals surface area contributed by atoms with E-state index in [4.69, 9.17) is 39.5 Å². The molecule has 14 atom stereocenters. The highest BCUT2D eigenvalue weighted by molar-refractivity contribution is 6.03. The summed E-state index contributed by atoms with van der Waals surface area (Å²) in [5.74, 6) is -9.97. The van der Waals surface area contributed by atoms with Gasteiger partial charge in [-0.25, -0.2) is 0 Å². The van der Waals surface area contributed by atoms with Gasteiger partial charge in [0.15, 0.2) is 11.9 Å². The summed E-state index contributed by atoms with van der Waals surface area (Å²) >= 11 is 0. The summed E-state index contributed by atoms with van der Waals surface area (Å²) in [6.07, 6.45) is 2.99. The highest BCUT2D eigenvalue weighted by Crippen LogP contribution is 2.32. The van der Waals surface area contributed by atoms with Gasteiger partial charge in [-0.1, -0.05) is 246 Å². The van der Waals surface area contributed by atoms with E-state index in [1.807, 2.05) is 240 Å². The van der Waals surface area contributed by atoms with Crippen molar-refractivity contribution in [2.45, 2.75) is 235 Å². The van der Waals surface area contributed by atoms with Gasteiger partial charge in [0.25, 0.3) is 0 Å². The molecule has 0 radical (unpaired) electrons. The molecule has 13 amide bonds. The number of nitrogens with two attached hydrogens (primary N) is 5. The molecule has 760 valence electrons. The Morgan fingerprint density at radius 1 is 0.333 bits per heavy atom. The first-order valence-corrected chi connectivity index (χ1v) is 50.3. The van der Waals surface area contributed by atoms with Crippen molar-refractivity contribution in [2.75, 3.05) is 39.3 Å². The molecule has 34 heteroatoms. The Labute approximate surface area is 838 Å². The number of unbranched alkanes of at least 4 members (excludes halogenated alkanes) is 1. The van der Waals surface area contributed by atoms with Crippen molar-refractivity contribution >= 4 is 143 Å². The van der Waals surface area contributed by atoms with Crippen LogP contribution >= 0.6 is 0 Å². The van der Waals surface area contributed by atoms with Gasteiger partial charge in [0.1, 0.15) is 72.5 Å². The molecule has 3 heterocycles. The third-order valence-electron chi connectivity index (χ3n) is 27.9. The first-order valence-electron chi connectivity index (χ1n) is 50.3. The molecule has 0 spiro atoms. The number of guanidine groups is 2. The lowest BCUT2D eigenvalue weighted by molar-refractivity contribution is -0.143. The number of benzene rings is 10. The van der Waals surface area contributed by atoms with Crippen LogP contribution in [0.25, 0.3) is 53.9 Å². The Hall–Kier alpha value is -14.9. The number of primary amides is 1. The van der Waals surface area contributed by atoms with Crippen LogP contribution < -0.4 is 87.2 Å². The number of nitrogens with zero attached hydrogens (tertiary/aromatic N) is 3. The van der Waals surface area contributed by atoms with Crippen LogP contribution in [0.3, 0.4) is 0 Å². The molecule has 10 aromatic rings. The zero-order valence-corrected chi connectivity index (χ0v) is 82.3. The highest BCUT2D eigenvalue weighted by Gasteiger charge is 2.46. The number of rotatable bonds is 48. The highest BCUT2D eigenvalue weighted by atomic mass is 16.2. The molecular weight excluding hydrogens is 1820 g/mol. The average molecular weight is 1960 g/mol. The molecule has 0 aromatic heterocycles. The molecule has 23 N–H and O–H groups in total. The van der Waals surface area contributed by atoms with Gasteiger partial charge in [0.2, 0.25) is 76.8 Å². The minimum atomic E-state index is -1.49. The fraction of sp³-hybridized carbons (Fsp3) is 0.409. The average Bonchev–Trinajstić information content (AvgIpc) is 1.49. The van der Waals surface area contributed by atoms with Gasteiger partial charge in [-0.2, -0.15) is 0 Å². The summed E-state index contributed by atoms with van der Waals surface area (Å²) in [5, 5.41) is 55.5. The molecule has 0 aliphatic carbocycles. The second-order valence-electron chi connectivity index (χ2n) is 38.5. The lowest BCUT2D eigenvalue weighted by atomic mass is 9.96. The van der Waals surface area contributed by atoms with Gasteiger partial charge in [0.05, 0.1) is 6.04 Å². The molecule has 0 saturated carbocycles. The number of amides is 13. The molecule has 0 unspecified atom stereocenters. The van der Waals surface area contributed by atoms with Gasteiger partial charge >= 0.3 is 0 Å². The summed E-state index contributed by atoms with van der Waals surface area (Å²) in [6.45, 7) is 8.41. The number of nitrogens with one attached hydrogen (secondary N) is 13. The maximum absolute atomic E-state index is 16.3. The number of carbonyl (C=O) groups excluding carboxylic acids is 13. The molecule has 3 aliphatic rings. The lowest BCUT2D eigenvalue weighted by Gasteiger charge is -2.32. The second kappa shape index (κ2) is 51.1. The van der Waals surface area contributed by atoms with Gasteiger partial charge in [0, 0.05) is 64.8 Å². The molecule has 144 heavy (non-hydrogen) atoms. The maximum Gasteiger partial charge on any atom is 0.246 e. The van der Waals surface area contributed by atoms with Crippen LogP contribution in [0.5, 0.6) is 0 Å².